The van der Waals surface area contributed by atoms with Crippen LogP contribution < -0.4 is 0 Å². The number of H-pyrrole nitrogens is 1. The molecule has 0 saturated heterocycles. The van der Waals surface area contributed by atoms with E-state index in [0.717, 1.165) is 5.56 Å². The summed E-state index contributed by atoms with van der Waals surface area (Å²) >= 11 is 16.3. The predicted octanol–water partition coefficient (Wildman–Crippen LogP) is 5.50. The molecule has 2 heterocycles. The number of rotatable bonds is 1. The van der Waals surface area contributed by atoms with E-state index in [2.05, 4.69) is 25.9 Å². The van der Waals surface area contributed by atoms with Crippen molar-refractivity contribution in [3.63, 3.8) is 0 Å². The summed E-state index contributed by atoms with van der Waals surface area (Å²) in [5.74, 6) is 0.239. The minimum absolute atomic E-state index is 0.341. The van der Waals surface area contributed by atoms with E-state index in [-0.39, 0.29) is 5.82 Å². The minimum Gasteiger partial charge on any atom is -0.338 e. The topological polar surface area (TPSA) is 28.7 Å². The number of imidazole rings is 1. The highest BCUT2D eigenvalue weighted by atomic mass is 79.9. The van der Waals surface area contributed by atoms with Gasteiger partial charge in [-0.2, -0.15) is 0 Å². The maximum absolute atomic E-state index is 13.4. The molecule has 0 aliphatic rings. The highest BCUT2D eigenvalue weighted by molar-refractivity contribution is 9.10. The first kappa shape index (κ1) is 12.4. The Hall–Kier alpha value is -0.620. The maximum atomic E-state index is 13.4. The van der Waals surface area contributed by atoms with Crippen molar-refractivity contribution in [1.29, 1.82) is 0 Å². The first-order chi connectivity index (χ1) is 8.54. The fraction of sp³-hybridized carbons (Fsp3) is 0. The third-order valence-corrected chi connectivity index (χ3v) is 4.53. The van der Waals surface area contributed by atoms with E-state index in [4.69, 9.17) is 23.2 Å². The standard InChI is InChI=1S/C11H4BrCl2FN2S/c12-5-2-7-8(3-6(5)15)17-11(16-7)4-1-9(13)18-10(4)14/h1-3H,(H,16,17). The number of nitrogens with one attached hydrogen (secondary N) is 1. The van der Waals surface area contributed by atoms with Crippen molar-refractivity contribution in [2.24, 2.45) is 0 Å². The molecule has 0 spiro atoms. The van der Waals surface area contributed by atoms with Gasteiger partial charge in [-0.3, -0.25) is 0 Å². The van der Waals surface area contributed by atoms with Crippen LogP contribution in [0, 0.1) is 5.82 Å². The summed E-state index contributed by atoms with van der Waals surface area (Å²) < 4.78 is 14.9. The molecule has 1 N–H and O–H groups in total. The molecule has 92 valence electrons. The molecule has 0 radical (unpaired) electrons. The lowest BCUT2D eigenvalue weighted by Gasteiger charge is -1.92. The normalized spacial score (nSPS) is 11.3. The maximum Gasteiger partial charge on any atom is 0.140 e. The first-order valence-electron chi connectivity index (χ1n) is 4.84. The Morgan fingerprint density at radius 1 is 1.28 bits per heavy atom. The largest absolute Gasteiger partial charge is 0.338 e. The molecule has 1 aromatic carbocycles. The summed E-state index contributed by atoms with van der Waals surface area (Å²) in [4.78, 5) is 7.40. The second kappa shape index (κ2) is 4.49. The zero-order valence-corrected chi connectivity index (χ0v) is 12.5. The van der Waals surface area contributed by atoms with Gasteiger partial charge in [0.2, 0.25) is 0 Å². The van der Waals surface area contributed by atoms with E-state index < -0.39 is 0 Å². The van der Waals surface area contributed by atoms with Gasteiger partial charge in [0.1, 0.15) is 16.0 Å². The number of aromatic nitrogens is 2. The fourth-order valence-corrected chi connectivity index (χ4v) is 3.43. The molecule has 0 amide bonds. The number of halogens is 4. The zero-order valence-electron chi connectivity index (χ0n) is 8.60. The van der Waals surface area contributed by atoms with Gasteiger partial charge in [-0.05, 0) is 28.1 Å². The number of benzene rings is 1. The van der Waals surface area contributed by atoms with Gasteiger partial charge in [0.15, 0.2) is 0 Å². The van der Waals surface area contributed by atoms with Crippen LogP contribution in [0.3, 0.4) is 0 Å². The third-order valence-electron chi connectivity index (χ3n) is 2.44. The van der Waals surface area contributed by atoms with Crippen LogP contribution in [0.25, 0.3) is 22.4 Å². The van der Waals surface area contributed by atoms with Gasteiger partial charge >= 0.3 is 0 Å². The van der Waals surface area contributed by atoms with E-state index >= 15 is 0 Å². The molecule has 18 heavy (non-hydrogen) atoms. The molecule has 3 rings (SSSR count). The smallest absolute Gasteiger partial charge is 0.140 e. The van der Waals surface area contributed by atoms with Gasteiger partial charge in [0.25, 0.3) is 0 Å². The summed E-state index contributed by atoms with van der Waals surface area (Å²) in [5, 5.41) is 0. The van der Waals surface area contributed by atoms with Gasteiger partial charge in [-0.1, -0.05) is 23.2 Å². The molecule has 0 saturated carbocycles. The molecule has 2 aromatic heterocycles. The van der Waals surface area contributed by atoms with E-state index in [1.54, 1.807) is 12.1 Å². The number of hydrogen-bond donors (Lipinski definition) is 1. The summed E-state index contributed by atoms with van der Waals surface area (Å²) in [6.07, 6.45) is 0. The van der Waals surface area contributed by atoms with Gasteiger partial charge < -0.3 is 4.98 Å². The monoisotopic (exact) mass is 364 g/mol. The Bertz CT molecular complexity index is 714. The molecule has 2 nitrogen and oxygen atoms in total. The number of thiophene rings is 1. The average Bonchev–Trinajstić information content (AvgIpc) is 2.82. The molecule has 0 unspecified atom stereocenters. The Labute approximate surface area is 124 Å². The molecule has 3 aromatic rings. The molecule has 0 aliphatic carbocycles. The summed E-state index contributed by atoms with van der Waals surface area (Å²) in [6, 6.07) is 4.74. The van der Waals surface area contributed by atoms with Crippen LogP contribution in [0.5, 0.6) is 0 Å². The molecule has 0 bridgehead atoms. The van der Waals surface area contributed by atoms with Crippen molar-refractivity contribution in [3.05, 3.63) is 37.2 Å². The summed E-state index contributed by atoms with van der Waals surface area (Å²) in [5.41, 5.74) is 2.00. The predicted molar refractivity (Wildman–Crippen MR) is 77.1 cm³/mol. The van der Waals surface area contributed by atoms with E-state index in [0.29, 0.717) is 30.0 Å². The van der Waals surface area contributed by atoms with Crippen LogP contribution in [-0.4, -0.2) is 9.97 Å². The van der Waals surface area contributed by atoms with Crippen LogP contribution >= 0.6 is 50.5 Å². The molecule has 7 heteroatoms. The quantitative estimate of drug-likeness (QED) is 0.606. The van der Waals surface area contributed by atoms with Crippen molar-refractivity contribution < 1.29 is 4.39 Å². The fourth-order valence-electron chi connectivity index (χ4n) is 1.63. The van der Waals surface area contributed by atoms with Crippen LogP contribution in [0.15, 0.2) is 22.7 Å². The zero-order chi connectivity index (χ0) is 12.9. The van der Waals surface area contributed by atoms with Crippen molar-refractivity contribution in [3.8, 4) is 11.4 Å². The van der Waals surface area contributed by atoms with Crippen LogP contribution in [0.1, 0.15) is 0 Å². The second-order valence-corrected chi connectivity index (χ2v) is 6.75. The number of aromatic amines is 1. The van der Waals surface area contributed by atoms with E-state index in [9.17, 15) is 4.39 Å². The number of nitrogens with zero attached hydrogens (tertiary/aromatic N) is 1. The third kappa shape index (κ3) is 2.05. The Kier molecular flexibility index (Phi) is 3.10. The number of hydrogen-bond acceptors (Lipinski definition) is 2. The lowest BCUT2D eigenvalue weighted by Crippen LogP contribution is -1.77. The van der Waals surface area contributed by atoms with Gasteiger partial charge in [-0.15, -0.1) is 11.3 Å². The Morgan fingerprint density at radius 2 is 2.06 bits per heavy atom. The lowest BCUT2D eigenvalue weighted by molar-refractivity contribution is 0.623. The summed E-state index contributed by atoms with van der Waals surface area (Å²) in [7, 11) is 0. The van der Waals surface area contributed by atoms with Crippen molar-refractivity contribution >= 4 is 61.5 Å². The average molecular weight is 366 g/mol. The van der Waals surface area contributed by atoms with Crippen LogP contribution in [0.2, 0.25) is 8.67 Å². The highest BCUT2D eigenvalue weighted by Crippen LogP contribution is 2.37. The minimum atomic E-state index is -0.341. The van der Waals surface area contributed by atoms with E-state index in [1.165, 1.54) is 17.4 Å². The first-order valence-corrected chi connectivity index (χ1v) is 7.21. The molecular formula is C11H4BrCl2FN2S. The molecule has 0 aliphatic heterocycles. The SMILES string of the molecule is Fc1cc2[nH]c(-c3cc(Cl)sc3Cl)nc2cc1Br. The van der Waals surface area contributed by atoms with Crippen molar-refractivity contribution in [1.82, 2.24) is 9.97 Å². The van der Waals surface area contributed by atoms with Crippen molar-refractivity contribution in [2.75, 3.05) is 0 Å². The molecular weight excluding hydrogens is 362 g/mol. The van der Waals surface area contributed by atoms with E-state index in [1.807, 2.05) is 0 Å². The van der Waals surface area contributed by atoms with Gasteiger partial charge in [-0.25, -0.2) is 9.37 Å². The Balaban J connectivity index is 2.22. The number of fused-ring (bicyclic) bond motifs is 1. The second-order valence-electron chi connectivity index (χ2n) is 3.61. The van der Waals surface area contributed by atoms with Gasteiger partial charge in [0.05, 0.1) is 19.8 Å². The van der Waals surface area contributed by atoms with Crippen molar-refractivity contribution in [2.45, 2.75) is 0 Å². The molecule has 0 fully saturated rings. The Morgan fingerprint density at radius 3 is 2.72 bits per heavy atom. The van der Waals surface area contributed by atoms with Crippen LogP contribution in [-0.2, 0) is 0 Å². The van der Waals surface area contributed by atoms with Crippen LogP contribution in [0.4, 0.5) is 4.39 Å². The van der Waals surface area contributed by atoms with Gasteiger partial charge in [0, 0.05) is 11.6 Å². The highest BCUT2D eigenvalue weighted by Gasteiger charge is 2.13. The summed E-state index contributed by atoms with van der Waals surface area (Å²) in [6.45, 7) is 0. The molecule has 0 atom stereocenters. The lowest BCUT2D eigenvalue weighted by atomic mass is 10.3.